The molecule has 0 heterocycles. The van der Waals surface area contributed by atoms with Crippen molar-refractivity contribution < 1.29 is 9.53 Å². The van der Waals surface area contributed by atoms with Gasteiger partial charge in [0, 0.05) is 13.0 Å². The number of nitrogens with zero attached hydrogens (tertiary/aromatic N) is 1. The Morgan fingerprint density at radius 1 is 1.35 bits per heavy atom. The van der Waals surface area contributed by atoms with Crippen LogP contribution >= 0.6 is 0 Å². The minimum absolute atomic E-state index is 0.101. The monoisotopic (exact) mass is 272 g/mol. The van der Waals surface area contributed by atoms with Crippen molar-refractivity contribution in [1.82, 2.24) is 0 Å². The van der Waals surface area contributed by atoms with Crippen molar-refractivity contribution >= 4 is 11.6 Å². The zero-order chi connectivity index (χ0) is 14.8. The van der Waals surface area contributed by atoms with E-state index in [9.17, 15) is 4.79 Å². The maximum atomic E-state index is 11.7. The maximum Gasteiger partial charge on any atom is 0.224 e. The highest BCUT2D eigenvalue weighted by Gasteiger charge is 2.05. The van der Waals surface area contributed by atoms with E-state index in [2.05, 4.69) is 11.9 Å². The maximum absolute atomic E-state index is 11.7. The van der Waals surface area contributed by atoms with Crippen molar-refractivity contribution in [2.75, 3.05) is 18.5 Å². The van der Waals surface area contributed by atoms with Gasteiger partial charge in [-0.3, -0.25) is 4.79 Å². The zero-order valence-electron chi connectivity index (χ0n) is 11.8. The lowest BCUT2D eigenvalue weighted by Crippen LogP contribution is -2.13. The van der Waals surface area contributed by atoms with Crippen LogP contribution in [0.2, 0.25) is 0 Å². The van der Waals surface area contributed by atoms with Gasteiger partial charge >= 0.3 is 0 Å². The number of nitrogens with one attached hydrogen (secondary N) is 1. The highest BCUT2D eigenvalue weighted by molar-refractivity contribution is 5.92. The van der Waals surface area contributed by atoms with Gasteiger partial charge in [-0.25, -0.2) is 0 Å². The lowest BCUT2D eigenvalue weighted by molar-refractivity contribution is -0.116. The van der Waals surface area contributed by atoms with E-state index in [-0.39, 0.29) is 5.91 Å². The number of rotatable bonds is 8. The van der Waals surface area contributed by atoms with Crippen molar-refractivity contribution in [3.05, 3.63) is 42.0 Å². The van der Waals surface area contributed by atoms with Crippen LogP contribution in [0.25, 0.3) is 0 Å². The van der Waals surface area contributed by atoms with Gasteiger partial charge in [0.2, 0.25) is 5.91 Å². The summed E-state index contributed by atoms with van der Waals surface area (Å²) in [5, 5.41) is 11.7. The predicted molar refractivity (Wildman–Crippen MR) is 79.3 cm³/mol. The molecule has 1 N–H and O–H groups in total. The smallest absolute Gasteiger partial charge is 0.224 e. The molecule has 0 aliphatic carbocycles. The summed E-state index contributed by atoms with van der Waals surface area (Å²) in [6, 6.07) is 9.00. The fourth-order valence-electron chi connectivity index (χ4n) is 1.59. The Hall–Kier alpha value is -2.12. The third-order valence-electron chi connectivity index (χ3n) is 2.69. The summed E-state index contributed by atoms with van der Waals surface area (Å²) >= 11 is 0. The summed E-state index contributed by atoms with van der Waals surface area (Å²) in [7, 11) is 0. The summed E-state index contributed by atoms with van der Waals surface area (Å²) in [6.07, 6.45) is 1.89. The van der Waals surface area contributed by atoms with Crippen LogP contribution < -0.4 is 5.32 Å². The van der Waals surface area contributed by atoms with E-state index >= 15 is 0 Å². The van der Waals surface area contributed by atoms with Crippen LogP contribution in [-0.4, -0.2) is 19.1 Å². The second-order valence-corrected chi connectivity index (χ2v) is 4.63. The highest BCUT2D eigenvalue weighted by Crippen LogP contribution is 2.13. The fourth-order valence-corrected chi connectivity index (χ4v) is 1.59. The van der Waals surface area contributed by atoms with Crippen LogP contribution in [-0.2, 0) is 9.53 Å². The van der Waals surface area contributed by atoms with Crippen LogP contribution in [0.1, 0.15) is 31.7 Å². The van der Waals surface area contributed by atoms with Crippen LogP contribution in [0.15, 0.2) is 36.4 Å². The molecule has 106 valence electrons. The molecule has 1 aromatic rings. The Balaban J connectivity index is 2.24. The summed E-state index contributed by atoms with van der Waals surface area (Å²) < 4.78 is 5.40. The molecule has 0 saturated heterocycles. The molecule has 4 heteroatoms. The number of benzene rings is 1. The Morgan fingerprint density at radius 3 is 2.80 bits per heavy atom. The molecule has 4 nitrogen and oxygen atoms in total. The summed E-state index contributed by atoms with van der Waals surface area (Å²) in [6.45, 7) is 6.96. The largest absolute Gasteiger partial charge is 0.381 e. The first-order chi connectivity index (χ1) is 9.63. The molecule has 1 rings (SSSR count). The molecule has 20 heavy (non-hydrogen) atoms. The first kappa shape index (κ1) is 15.9. The lowest BCUT2D eigenvalue weighted by Gasteiger charge is -2.07. The molecular weight excluding hydrogens is 252 g/mol. The Morgan fingerprint density at radius 2 is 2.10 bits per heavy atom. The molecule has 1 amide bonds. The Bertz CT molecular complexity index is 503. The zero-order valence-corrected chi connectivity index (χ0v) is 11.8. The number of nitriles is 1. The number of carbonyl (C=O) groups excluding carboxylic acids is 1. The van der Waals surface area contributed by atoms with Crippen LogP contribution in [0.3, 0.4) is 0 Å². The highest BCUT2D eigenvalue weighted by atomic mass is 16.5. The van der Waals surface area contributed by atoms with E-state index < -0.39 is 0 Å². The number of carbonyl (C=O) groups is 1. The van der Waals surface area contributed by atoms with Crippen molar-refractivity contribution in [1.29, 1.82) is 5.26 Å². The standard InChI is InChI=1S/C16H20N2O2/c1-13(2)9-11-20-10-5-8-16(19)18-15-7-4-3-6-14(15)12-17/h3-4,6-7H,1,5,8-11H2,2H3,(H,18,19). The minimum atomic E-state index is -0.101. The first-order valence-corrected chi connectivity index (χ1v) is 6.64. The second kappa shape index (κ2) is 8.89. The average Bonchev–Trinajstić information content (AvgIpc) is 2.43. The van der Waals surface area contributed by atoms with Gasteiger partial charge in [0.25, 0.3) is 0 Å². The van der Waals surface area contributed by atoms with E-state index in [0.29, 0.717) is 37.3 Å². The van der Waals surface area contributed by atoms with Gasteiger partial charge < -0.3 is 10.1 Å². The van der Waals surface area contributed by atoms with Gasteiger partial charge in [-0.1, -0.05) is 17.7 Å². The predicted octanol–water partition coefficient (Wildman–Crippen LogP) is 3.26. The summed E-state index contributed by atoms with van der Waals surface area (Å²) in [5.74, 6) is -0.101. The number of hydrogen-bond acceptors (Lipinski definition) is 3. The van der Waals surface area contributed by atoms with Crippen LogP contribution in [0, 0.1) is 11.3 Å². The molecule has 1 aromatic carbocycles. The Labute approximate surface area is 120 Å². The number of amides is 1. The van der Waals surface area contributed by atoms with Crippen LogP contribution in [0.5, 0.6) is 0 Å². The molecule has 0 saturated carbocycles. The SMILES string of the molecule is C=C(C)CCOCCCC(=O)Nc1ccccc1C#N. The molecule has 0 bridgehead atoms. The van der Waals surface area contributed by atoms with Gasteiger partial charge in [-0.2, -0.15) is 5.26 Å². The number of para-hydroxylation sites is 1. The summed E-state index contributed by atoms with van der Waals surface area (Å²) in [4.78, 5) is 11.7. The van der Waals surface area contributed by atoms with E-state index in [1.807, 2.05) is 13.0 Å². The fraction of sp³-hybridized carbons (Fsp3) is 0.375. The molecule has 0 unspecified atom stereocenters. The topological polar surface area (TPSA) is 62.1 Å². The molecule has 0 aliphatic rings. The number of hydrogen-bond donors (Lipinski definition) is 1. The average molecular weight is 272 g/mol. The lowest BCUT2D eigenvalue weighted by atomic mass is 10.2. The number of ether oxygens (including phenoxy) is 1. The van der Waals surface area contributed by atoms with Crippen LogP contribution in [0.4, 0.5) is 5.69 Å². The first-order valence-electron chi connectivity index (χ1n) is 6.64. The van der Waals surface area contributed by atoms with E-state index in [1.165, 1.54) is 0 Å². The van der Waals surface area contributed by atoms with Crippen molar-refractivity contribution in [2.24, 2.45) is 0 Å². The quantitative estimate of drug-likeness (QED) is 0.583. The van der Waals surface area contributed by atoms with Crippen molar-refractivity contribution in [2.45, 2.75) is 26.2 Å². The molecule has 0 fully saturated rings. The normalized spacial score (nSPS) is 9.80. The van der Waals surface area contributed by atoms with E-state index in [4.69, 9.17) is 10.00 Å². The molecule has 0 aromatic heterocycles. The van der Waals surface area contributed by atoms with E-state index in [0.717, 1.165) is 12.0 Å². The van der Waals surface area contributed by atoms with Gasteiger partial charge in [0.05, 0.1) is 17.9 Å². The van der Waals surface area contributed by atoms with Crippen molar-refractivity contribution in [3.8, 4) is 6.07 Å². The number of anilines is 1. The van der Waals surface area contributed by atoms with Gasteiger partial charge in [-0.15, -0.1) is 6.58 Å². The van der Waals surface area contributed by atoms with Gasteiger partial charge in [0.1, 0.15) is 6.07 Å². The molecule has 0 atom stereocenters. The van der Waals surface area contributed by atoms with Gasteiger partial charge in [-0.05, 0) is 31.9 Å². The Kier molecular flexibility index (Phi) is 7.08. The molecular formula is C16H20N2O2. The molecule has 0 aliphatic heterocycles. The molecule has 0 spiro atoms. The van der Waals surface area contributed by atoms with E-state index in [1.54, 1.807) is 24.3 Å². The second-order valence-electron chi connectivity index (χ2n) is 4.63. The molecule has 0 radical (unpaired) electrons. The van der Waals surface area contributed by atoms with Crippen molar-refractivity contribution in [3.63, 3.8) is 0 Å². The third-order valence-corrected chi connectivity index (χ3v) is 2.69. The summed E-state index contributed by atoms with van der Waals surface area (Å²) in [5.41, 5.74) is 2.12. The minimum Gasteiger partial charge on any atom is -0.381 e. The third kappa shape index (κ3) is 6.17. The van der Waals surface area contributed by atoms with Gasteiger partial charge in [0.15, 0.2) is 0 Å².